The maximum absolute atomic E-state index is 13.2. The Morgan fingerprint density at radius 2 is 1.96 bits per heavy atom. The number of para-hydroxylation sites is 1. The molecule has 3 rings (SSSR count). The molecule has 2 aromatic rings. The Balaban J connectivity index is 2.13. The first kappa shape index (κ1) is 18.5. The predicted molar refractivity (Wildman–Crippen MR) is 85.5 cm³/mol. The van der Waals surface area contributed by atoms with Crippen molar-refractivity contribution in [3.63, 3.8) is 0 Å². The van der Waals surface area contributed by atoms with Gasteiger partial charge in [-0.3, -0.25) is 19.9 Å². The predicted octanol–water partition coefficient (Wildman–Crippen LogP) is 2.60. The Hall–Kier alpha value is -3.34. The maximum atomic E-state index is 13.2. The van der Waals surface area contributed by atoms with Crippen LogP contribution >= 0.6 is 0 Å². The van der Waals surface area contributed by atoms with Crippen LogP contribution in [0.5, 0.6) is 0 Å². The molecule has 1 aromatic carbocycles. The largest absolute Gasteiger partial charge is 0.431 e. The smallest absolute Gasteiger partial charge is 0.365 e. The van der Waals surface area contributed by atoms with Gasteiger partial charge in [-0.05, 0) is 12.1 Å². The minimum atomic E-state index is -4.89. The van der Waals surface area contributed by atoms with Crippen LogP contribution in [-0.4, -0.2) is 37.8 Å². The second-order valence-corrected chi connectivity index (χ2v) is 5.67. The summed E-state index contributed by atoms with van der Waals surface area (Å²) in [7, 11) is 0. The van der Waals surface area contributed by atoms with Gasteiger partial charge in [0, 0.05) is 24.0 Å². The number of aromatic nitrogens is 1. The van der Waals surface area contributed by atoms with Gasteiger partial charge in [0.05, 0.1) is 11.3 Å². The van der Waals surface area contributed by atoms with Gasteiger partial charge in [0.15, 0.2) is 5.72 Å². The summed E-state index contributed by atoms with van der Waals surface area (Å²) in [5.74, 6) is -1.24. The third-order valence-electron chi connectivity index (χ3n) is 3.96. The Kier molecular flexibility index (Phi) is 4.39. The van der Waals surface area contributed by atoms with E-state index in [9.17, 15) is 33.2 Å². The fourth-order valence-corrected chi connectivity index (χ4v) is 2.67. The normalized spacial score (nSPS) is 19.7. The molecule has 0 saturated carbocycles. The van der Waals surface area contributed by atoms with Crippen LogP contribution in [0.4, 0.5) is 18.9 Å². The van der Waals surface area contributed by atoms with Crippen LogP contribution in [0.2, 0.25) is 0 Å². The van der Waals surface area contributed by atoms with Gasteiger partial charge in [-0.15, -0.1) is 0 Å². The van der Waals surface area contributed by atoms with E-state index >= 15 is 0 Å². The summed E-state index contributed by atoms with van der Waals surface area (Å²) < 4.78 is 39.5. The molecule has 1 N–H and O–H groups in total. The van der Waals surface area contributed by atoms with E-state index in [0.29, 0.717) is 0 Å². The lowest BCUT2D eigenvalue weighted by molar-refractivity contribution is -0.385. The van der Waals surface area contributed by atoms with Gasteiger partial charge >= 0.3 is 6.18 Å². The van der Waals surface area contributed by atoms with Crippen LogP contribution < -0.4 is 0 Å². The van der Waals surface area contributed by atoms with Crippen molar-refractivity contribution in [1.29, 1.82) is 0 Å². The van der Waals surface area contributed by atoms with Crippen molar-refractivity contribution >= 4 is 17.3 Å². The SMILES string of the molecule is O=C(c1ccccc1[N+](=O)[O-])N1N=C(C(F)(F)F)C[C@@]1(O)c1cccnc1. The summed E-state index contributed by atoms with van der Waals surface area (Å²) in [6.07, 6.45) is -3.50. The minimum Gasteiger partial charge on any atom is -0.365 e. The molecular formula is C16H11F3N4O4. The zero-order valence-corrected chi connectivity index (χ0v) is 13.4. The first-order valence-electron chi connectivity index (χ1n) is 7.50. The number of aliphatic hydroxyl groups is 1. The average Bonchev–Trinajstić information content (AvgIpc) is 3.01. The molecule has 140 valence electrons. The number of hydrazone groups is 1. The molecule has 0 fully saturated rings. The monoisotopic (exact) mass is 380 g/mol. The zero-order chi connectivity index (χ0) is 19.8. The molecule has 0 saturated heterocycles. The number of nitro groups is 1. The Morgan fingerprint density at radius 1 is 1.26 bits per heavy atom. The zero-order valence-electron chi connectivity index (χ0n) is 13.4. The van der Waals surface area contributed by atoms with Crippen molar-refractivity contribution in [3.05, 3.63) is 70.0 Å². The maximum Gasteiger partial charge on any atom is 0.431 e. The molecule has 0 radical (unpaired) electrons. The van der Waals surface area contributed by atoms with Crippen LogP contribution in [0.15, 0.2) is 53.9 Å². The lowest BCUT2D eigenvalue weighted by Crippen LogP contribution is -2.44. The second-order valence-electron chi connectivity index (χ2n) is 5.67. The second kappa shape index (κ2) is 6.43. The highest BCUT2D eigenvalue weighted by Crippen LogP contribution is 2.40. The van der Waals surface area contributed by atoms with E-state index < -0.39 is 46.1 Å². The van der Waals surface area contributed by atoms with Crippen molar-refractivity contribution in [2.45, 2.75) is 18.3 Å². The number of halogens is 3. The fraction of sp³-hybridized carbons (Fsp3) is 0.188. The quantitative estimate of drug-likeness (QED) is 0.650. The number of hydrogen-bond donors (Lipinski definition) is 1. The molecule has 1 aliphatic rings. The molecule has 0 unspecified atom stereocenters. The number of benzene rings is 1. The Bertz CT molecular complexity index is 933. The number of pyridine rings is 1. The topological polar surface area (TPSA) is 109 Å². The molecule has 8 nitrogen and oxygen atoms in total. The number of carbonyl (C=O) groups excluding carboxylic acids is 1. The van der Waals surface area contributed by atoms with Crippen molar-refractivity contribution < 1.29 is 28.0 Å². The van der Waals surface area contributed by atoms with Crippen molar-refractivity contribution in [2.75, 3.05) is 0 Å². The van der Waals surface area contributed by atoms with Gasteiger partial charge < -0.3 is 5.11 Å². The lowest BCUT2D eigenvalue weighted by Gasteiger charge is -2.31. The van der Waals surface area contributed by atoms with Gasteiger partial charge in [-0.1, -0.05) is 18.2 Å². The molecule has 0 spiro atoms. The standard InChI is InChI=1S/C16H11F3N4O4/c17-16(18,19)13-8-15(25,10-4-3-7-20-9-10)22(21-13)14(24)11-5-1-2-6-12(11)23(26)27/h1-7,9,25H,8H2/t15-/m1/s1. The van der Waals surface area contributed by atoms with Gasteiger partial charge in [0.25, 0.3) is 11.6 Å². The summed E-state index contributed by atoms with van der Waals surface area (Å²) in [5.41, 5.74) is -5.11. The Morgan fingerprint density at radius 3 is 2.56 bits per heavy atom. The number of nitrogens with zero attached hydrogens (tertiary/aromatic N) is 4. The van der Waals surface area contributed by atoms with E-state index in [1.807, 2.05) is 0 Å². The summed E-state index contributed by atoms with van der Waals surface area (Å²) in [6.45, 7) is 0. The average molecular weight is 380 g/mol. The van der Waals surface area contributed by atoms with E-state index in [2.05, 4.69) is 10.1 Å². The number of carbonyl (C=O) groups is 1. The molecule has 2 heterocycles. The van der Waals surface area contributed by atoms with Gasteiger partial charge in [0.1, 0.15) is 11.3 Å². The number of rotatable bonds is 3. The highest BCUT2D eigenvalue weighted by molar-refractivity contribution is 6.02. The van der Waals surface area contributed by atoms with Gasteiger partial charge in [-0.25, -0.2) is 0 Å². The van der Waals surface area contributed by atoms with E-state index in [0.717, 1.165) is 18.3 Å². The molecule has 1 aliphatic heterocycles. The van der Waals surface area contributed by atoms with Crippen LogP contribution in [0.25, 0.3) is 0 Å². The van der Waals surface area contributed by atoms with E-state index in [1.54, 1.807) is 0 Å². The highest BCUT2D eigenvalue weighted by atomic mass is 19.4. The third kappa shape index (κ3) is 3.24. The third-order valence-corrected chi connectivity index (χ3v) is 3.96. The highest BCUT2D eigenvalue weighted by Gasteiger charge is 2.53. The molecule has 0 bridgehead atoms. The Labute approximate surface area is 149 Å². The first-order valence-corrected chi connectivity index (χ1v) is 7.50. The molecule has 27 heavy (non-hydrogen) atoms. The molecule has 1 amide bonds. The first-order chi connectivity index (χ1) is 12.6. The molecule has 0 aliphatic carbocycles. The summed E-state index contributed by atoms with van der Waals surface area (Å²) >= 11 is 0. The van der Waals surface area contributed by atoms with Crippen molar-refractivity contribution in [3.8, 4) is 0 Å². The van der Waals surface area contributed by atoms with E-state index in [-0.39, 0.29) is 10.6 Å². The van der Waals surface area contributed by atoms with Gasteiger partial charge in [0.2, 0.25) is 0 Å². The summed E-state index contributed by atoms with van der Waals surface area (Å²) in [6, 6.07) is 7.37. The number of nitro benzene ring substituents is 1. The van der Waals surface area contributed by atoms with Crippen molar-refractivity contribution in [1.82, 2.24) is 9.99 Å². The van der Waals surface area contributed by atoms with E-state index in [4.69, 9.17) is 0 Å². The van der Waals surface area contributed by atoms with E-state index in [1.165, 1.54) is 30.5 Å². The molecule has 1 atom stereocenters. The number of alkyl halides is 3. The van der Waals surface area contributed by atoms with Crippen LogP contribution in [0.1, 0.15) is 22.3 Å². The minimum absolute atomic E-state index is 0.111. The molecule has 1 aromatic heterocycles. The van der Waals surface area contributed by atoms with Gasteiger partial charge in [-0.2, -0.15) is 23.3 Å². The van der Waals surface area contributed by atoms with Crippen LogP contribution in [-0.2, 0) is 5.72 Å². The number of hydrogen-bond acceptors (Lipinski definition) is 6. The summed E-state index contributed by atoms with van der Waals surface area (Å²) in [4.78, 5) is 26.8. The van der Waals surface area contributed by atoms with Crippen LogP contribution in [0.3, 0.4) is 0 Å². The lowest BCUT2D eigenvalue weighted by atomic mass is 9.98. The fourth-order valence-electron chi connectivity index (χ4n) is 2.67. The number of amides is 1. The van der Waals surface area contributed by atoms with Crippen molar-refractivity contribution in [2.24, 2.45) is 5.10 Å². The molecular weight excluding hydrogens is 369 g/mol. The van der Waals surface area contributed by atoms with Crippen LogP contribution in [0, 0.1) is 10.1 Å². The molecule has 11 heteroatoms. The summed E-state index contributed by atoms with van der Waals surface area (Å²) in [5, 5.41) is 25.5.